The van der Waals surface area contributed by atoms with Crippen LogP contribution in [-0.4, -0.2) is 36.3 Å². The van der Waals surface area contributed by atoms with E-state index < -0.39 is 15.6 Å². The lowest BCUT2D eigenvalue weighted by Gasteiger charge is -2.28. The van der Waals surface area contributed by atoms with Gasteiger partial charge in [-0.2, -0.15) is 0 Å². The molecule has 19 heavy (non-hydrogen) atoms. The average Bonchev–Trinajstić information content (AvgIpc) is 2.83. The van der Waals surface area contributed by atoms with Gasteiger partial charge in [0.25, 0.3) is 0 Å². The fourth-order valence-electron chi connectivity index (χ4n) is 2.22. The van der Waals surface area contributed by atoms with E-state index in [4.69, 9.17) is 9.84 Å². The summed E-state index contributed by atoms with van der Waals surface area (Å²) in [5.41, 5.74) is -0.0325. The number of nitrogens with one attached hydrogen (secondary N) is 1. The smallest absolute Gasteiger partial charge is 0.242 e. The van der Waals surface area contributed by atoms with E-state index in [1.165, 1.54) is 12.3 Å². The number of aromatic nitrogens is 1. The molecule has 108 valence electrons. The summed E-state index contributed by atoms with van der Waals surface area (Å²) in [6.07, 6.45) is 1.98. The summed E-state index contributed by atoms with van der Waals surface area (Å²) >= 11 is 0. The number of sulfonamides is 1. The van der Waals surface area contributed by atoms with Crippen LogP contribution in [0.25, 0.3) is 0 Å². The Kier molecular flexibility index (Phi) is 3.74. The molecule has 6 nitrogen and oxygen atoms in total. The van der Waals surface area contributed by atoms with Gasteiger partial charge >= 0.3 is 0 Å². The number of aliphatic hydroxyl groups excluding tert-OH is 1. The molecular formula is C12H20N2O4S. The van der Waals surface area contributed by atoms with Crippen molar-refractivity contribution >= 4 is 10.0 Å². The molecule has 0 radical (unpaired) electrons. The molecule has 0 amide bonds. The summed E-state index contributed by atoms with van der Waals surface area (Å²) in [7, 11) is -1.91. The Morgan fingerprint density at radius 2 is 2.32 bits per heavy atom. The molecule has 1 aliphatic rings. The number of hydrogen-bond donors (Lipinski definition) is 2. The van der Waals surface area contributed by atoms with Crippen LogP contribution in [0, 0.1) is 0 Å². The second-order valence-electron chi connectivity index (χ2n) is 5.22. The quantitative estimate of drug-likeness (QED) is 0.838. The Morgan fingerprint density at radius 3 is 2.79 bits per heavy atom. The topological polar surface area (TPSA) is 80.6 Å². The zero-order valence-corrected chi connectivity index (χ0v) is 12.2. The molecule has 1 fully saturated rings. The Morgan fingerprint density at radius 1 is 1.63 bits per heavy atom. The van der Waals surface area contributed by atoms with Gasteiger partial charge in [-0.25, -0.2) is 13.1 Å². The monoisotopic (exact) mass is 288 g/mol. The van der Waals surface area contributed by atoms with Crippen LogP contribution >= 0.6 is 0 Å². The van der Waals surface area contributed by atoms with Crippen molar-refractivity contribution in [1.82, 2.24) is 9.29 Å². The molecule has 7 heteroatoms. The van der Waals surface area contributed by atoms with Gasteiger partial charge in [-0.3, -0.25) is 0 Å². The molecule has 0 aliphatic carbocycles. The summed E-state index contributed by atoms with van der Waals surface area (Å²) in [4.78, 5) is 0.166. The Labute approximate surface area is 113 Å². The predicted molar refractivity (Wildman–Crippen MR) is 70.1 cm³/mol. The lowest BCUT2D eigenvalue weighted by molar-refractivity contribution is 0.0957. The van der Waals surface area contributed by atoms with E-state index in [0.29, 0.717) is 18.7 Å². The SMILES string of the molecule is CC1OCCC1(C)NS(=O)(=O)c1cc(CO)n(C)c1. The first kappa shape index (κ1) is 14.5. The van der Waals surface area contributed by atoms with Crippen LogP contribution in [0.5, 0.6) is 0 Å². The molecule has 1 aliphatic heterocycles. The molecule has 2 N–H and O–H groups in total. The molecule has 0 bridgehead atoms. The summed E-state index contributed by atoms with van der Waals surface area (Å²) < 4.78 is 34.5. The minimum atomic E-state index is -3.61. The zero-order chi connectivity index (χ0) is 14.3. The van der Waals surface area contributed by atoms with E-state index in [-0.39, 0.29) is 17.6 Å². The molecule has 1 aromatic heterocycles. The van der Waals surface area contributed by atoms with Crippen LogP contribution in [0.4, 0.5) is 0 Å². The van der Waals surface area contributed by atoms with E-state index in [0.717, 1.165) is 0 Å². The van der Waals surface area contributed by atoms with Gasteiger partial charge < -0.3 is 14.4 Å². The average molecular weight is 288 g/mol. The highest BCUT2D eigenvalue weighted by atomic mass is 32.2. The molecule has 0 saturated carbocycles. The second kappa shape index (κ2) is 4.90. The van der Waals surface area contributed by atoms with Gasteiger partial charge in [0.1, 0.15) is 0 Å². The van der Waals surface area contributed by atoms with Gasteiger partial charge in [0.2, 0.25) is 10.0 Å². The number of hydrogen-bond acceptors (Lipinski definition) is 4. The van der Waals surface area contributed by atoms with E-state index in [9.17, 15) is 8.42 Å². The highest BCUT2D eigenvalue weighted by Crippen LogP contribution is 2.27. The minimum Gasteiger partial charge on any atom is -0.390 e. The third-order valence-corrected chi connectivity index (χ3v) is 5.39. The predicted octanol–water partition coefficient (Wildman–Crippen LogP) is 0.363. The van der Waals surface area contributed by atoms with Crippen molar-refractivity contribution in [3.05, 3.63) is 18.0 Å². The fraction of sp³-hybridized carbons (Fsp3) is 0.667. The molecule has 0 aromatic carbocycles. The van der Waals surface area contributed by atoms with E-state index >= 15 is 0 Å². The standard InChI is InChI=1S/C12H20N2O4S/c1-9-12(2,4-5-18-9)13-19(16,17)11-6-10(8-15)14(3)7-11/h6-7,9,13,15H,4-5,8H2,1-3H3. The van der Waals surface area contributed by atoms with Crippen LogP contribution in [0.15, 0.2) is 17.2 Å². The number of rotatable bonds is 4. The summed E-state index contributed by atoms with van der Waals surface area (Å²) in [6.45, 7) is 4.07. The number of aliphatic hydroxyl groups is 1. The Bertz CT molecular complexity index is 566. The van der Waals surface area contributed by atoms with Gasteiger partial charge in [-0.05, 0) is 26.3 Å². The van der Waals surface area contributed by atoms with Crippen LogP contribution in [0.3, 0.4) is 0 Å². The highest BCUT2D eigenvalue weighted by Gasteiger charge is 2.40. The lowest BCUT2D eigenvalue weighted by Crippen LogP contribution is -2.50. The molecule has 2 unspecified atom stereocenters. The van der Waals surface area contributed by atoms with Crippen molar-refractivity contribution in [1.29, 1.82) is 0 Å². The minimum absolute atomic E-state index is 0.164. The van der Waals surface area contributed by atoms with Gasteiger partial charge in [0, 0.05) is 25.5 Å². The maximum atomic E-state index is 12.4. The molecular weight excluding hydrogens is 268 g/mol. The maximum Gasteiger partial charge on any atom is 0.242 e. The van der Waals surface area contributed by atoms with Gasteiger partial charge in [0.05, 0.1) is 23.1 Å². The molecule has 1 saturated heterocycles. The van der Waals surface area contributed by atoms with Crippen LogP contribution in [0.2, 0.25) is 0 Å². The third kappa shape index (κ3) is 2.69. The highest BCUT2D eigenvalue weighted by molar-refractivity contribution is 7.89. The van der Waals surface area contributed by atoms with Crippen molar-refractivity contribution in [3.8, 4) is 0 Å². The van der Waals surface area contributed by atoms with Gasteiger partial charge in [-0.1, -0.05) is 0 Å². The Balaban J connectivity index is 2.27. The van der Waals surface area contributed by atoms with Crippen LogP contribution in [-0.2, 0) is 28.4 Å². The normalized spacial score (nSPS) is 27.9. The first-order valence-electron chi connectivity index (χ1n) is 6.20. The van der Waals surface area contributed by atoms with Gasteiger partial charge in [0.15, 0.2) is 0 Å². The van der Waals surface area contributed by atoms with Crippen molar-refractivity contribution in [2.45, 2.75) is 43.4 Å². The van der Waals surface area contributed by atoms with Crippen LogP contribution in [0.1, 0.15) is 26.0 Å². The Hall–Kier alpha value is -0.890. The van der Waals surface area contributed by atoms with Crippen LogP contribution < -0.4 is 4.72 Å². The number of aryl methyl sites for hydroxylation is 1. The van der Waals surface area contributed by atoms with E-state index in [2.05, 4.69) is 4.72 Å². The maximum absolute atomic E-state index is 12.4. The molecule has 2 rings (SSSR count). The van der Waals surface area contributed by atoms with E-state index in [1.54, 1.807) is 11.6 Å². The van der Waals surface area contributed by atoms with Crippen molar-refractivity contribution in [2.75, 3.05) is 6.61 Å². The molecule has 0 spiro atoms. The van der Waals surface area contributed by atoms with Gasteiger partial charge in [-0.15, -0.1) is 0 Å². The number of nitrogens with zero attached hydrogens (tertiary/aromatic N) is 1. The zero-order valence-electron chi connectivity index (χ0n) is 11.4. The number of ether oxygens (including phenoxy) is 1. The molecule has 2 heterocycles. The summed E-state index contributed by atoms with van der Waals surface area (Å²) in [5, 5.41) is 9.12. The van der Waals surface area contributed by atoms with Crippen molar-refractivity contribution < 1.29 is 18.3 Å². The largest absolute Gasteiger partial charge is 0.390 e. The summed E-state index contributed by atoms with van der Waals surface area (Å²) in [6, 6.07) is 1.48. The fourth-order valence-corrected chi connectivity index (χ4v) is 3.80. The van der Waals surface area contributed by atoms with Crippen molar-refractivity contribution in [2.24, 2.45) is 7.05 Å². The lowest BCUT2D eigenvalue weighted by atomic mass is 9.97. The first-order valence-corrected chi connectivity index (χ1v) is 7.68. The molecule has 1 aromatic rings. The van der Waals surface area contributed by atoms with E-state index in [1.807, 2.05) is 13.8 Å². The molecule has 2 atom stereocenters. The van der Waals surface area contributed by atoms with Crippen molar-refractivity contribution in [3.63, 3.8) is 0 Å². The summed E-state index contributed by atoms with van der Waals surface area (Å²) in [5.74, 6) is 0. The third-order valence-electron chi connectivity index (χ3n) is 3.81. The first-order chi connectivity index (χ1) is 8.78. The second-order valence-corrected chi connectivity index (χ2v) is 6.90.